The minimum Gasteiger partial charge on any atom is -0.508 e. The maximum atomic E-state index is 12.0. The van der Waals surface area contributed by atoms with Crippen LogP contribution in [0.1, 0.15) is 17.7 Å². The third kappa shape index (κ3) is 4.09. The number of rotatable bonds is 5. The monoisotopic (exact) mass is 270 g/mol. The second-order valence-electron chi connectivity index (χ2n) is 4.74. The number of carbonyl (C=O) groups excluding carboxylic acids is 1. The number of pyridine rings is 1. The molecule has 0 saturated heterocycles. The fraction of sp³-hybridized carbons (Fsp3) is 0.250. The summed E-state index contributed by atoms with van der Waals surface area (Å²) in [5, 5.41) is 9.22. The number of phenolic OH excluding ortho intramolecular Hbond substituents is 1. The molecule has 0 bridgehead atoms. The average Bonchev–Trinajstić information content (AvgIpc) is 2.48. The number of carbonyl (C=O) groups is 1. The molecule has 0 spiro atoms. The van der Waals surface area contributed by atoms with E-state index >= 15 is 0 Å². The summed E-state index contributed by atoms with van der Waals surface area (Å²) in [4.78, 5) is 17.9. The first-order valence-electron chi connectivity index (χ1n) is 6.57. The SMILES string of the molecule is CN(Cc1ccc(O)cc1)C(=O)CCc1ccccn1. The van der Waals surface area contributed by atoms with Gasteiger partial charge >= 0.3 is 0 Å². The van der Waals surface area contributed by atoms with E-state index in [2.05, 4.69) is 4.98 Å². The highest BCUT2D eigenvalue weighted by molar-refractivity contribution is 5.76. The minimum absolute atomic E-state index is 0.0868. The third-order valence-corrected chi connectivity index (χ3v) is 3.10. The predicted molar refractivity (Wildman–Crippen MR) is 77.1 cm³/mol. The van der Waals surface area contributed by atoms with Crippen LogP contribution in [0, 0.1) is 0 Å². The summed E-state index contributed by atoms with van der Waals surface area (Å²) in [6.45, 7) is 0.543. The Labute approximate surface area is 118 Å². The van der Waals surface area contributed by atoms with Gasteiger partial charge in [0.2, 0.25) is 5.91 Å². The number of hydrogen-bond acceptors (Lipinski definition) is 3. The zero-order chi connectivity index (χ0) is 14.4. The highest BCUT2D eigenvalue weighted by atomic mass is 16.3. The first-order chi connectivity index (χ1) is 9.65. The lowest BCUT2D eigenvalue weighted by Crippen LogP contribution is -2.26. The fourth-order valence-electron chi connectivity index (χ4n) is 1.94. The van der Waals surface area contributed by atoms with E-state index in [0.717, 1.165) is 11.3 Å². The van der Waals surface area contributed by atoms with Crippen LogP contribution in [0.15, 0.2) is 48.7 Å². The summed E-state index contributed by atoms with van der Waals surface area (Å²) in [5.74, 6) is 0.321. The van der Waals surface area contributed by atoms with Gasteiger partial charge in [-0.3, -0.25) is 9.78 Å². The number of phenols is 1. The van der Waals surface area contributed by atoms with Crippen LogP contribution < -0.4 is 0 Å². The molecule has 4 heteroatoms. The molecule has 0 atom stereocenters. The molecule has 0 aliphatic heterocycles. The molecule has 1 N–H and O–H groups in total. The summed E-state index contributed by atoms with van der Waals surface area (Å²) < 4.78 is 0. The molecule has 2 rings (SSSR count). The zero-order valence-corrected chi connectivity index (χ0v) is 11.5. The lowest BCUT2D eigenvalue weighted by Gasteiger charge is -2.17. The summed E-state index contributed by atoms with van der Waals surface area (Å²) in [5.41, 5.74) is 1.93. The molecule has 104 valence electrons. The molecule has 1 heterocycles. The van der Waals surface area contributed by atoms with Crippen molar-refractivity contribution in [3.8, 4) is 5.75 Å². The Morgan fingerprint density at radius 1 is 1.20 bits per heavy atom. The van der Waals surface area contributed by atoms with Gasteiger partial charge in [-0.25, -0.2) is 0 Å². The summed E-state index contributed by atoms with van der Waals surface area (Å²) in [6, 6.07) is 12.6. The lowest BCUT2D eigenvalue weighted by molar-refractivity contribution is -0.130. The second-order valence-corrected chi connectivity index (χ2v) is 4.74. The molecule has 4 nitrogen and oxygen atoms in total. The van der Waals surface area contributed by atoms with Gasteiger partial charge in [-0.15, -0.1) is 0 Å². The Bertz CT molecular complexity index is 552. The maximum Gasteiger partial charge on any atom is 0.223 e. The van der Waals surface area contributed by atoms with E-state index in [1.165, 1.54) is 0 Å². The van der Waals surface area contributed by atoms with Gasteiger partial charge in [0.05, 0.1) is 0 Å². The van der Waals surface area contributed by atoms with E-state index in [4.69, 9.17) is 0 Å². The number of nitrogens with zero attached hydrogens (tertiary/aromatic N) is 2. The fourth-order valence-corrected chi connectivity index (χ4v) is 1.94. The van der Waals surface area contributed by atoms with Gasteiger partial charge in [-0.1, -0.05) is 18.2 Å². The summed E-state index contributed by atoms with van der Waals surface area (Å²) >= 11 is 0. The molecule has 0 aliphatic rings. The van der Waals surface area contributed by atoms with Crippen LogP contribution in [0.5, 0.6) is 5.75 Å². The first kappa shape index (κ1) is 14.1. The first-order valence-corrected chi connectivity index (χ1v) is 6.57. The van der Waals surface area contributed by atoms with Crippen LogP contribution in [-0.2, 0) is 17.8 Å². The Morgan fingerprint density at radius 2 is 1.95 bits per heavy atom. The smallest absolute Gasteiger partial charge is 0.223 e. The summed E-state index contributed by atoms with van der Waals surface area (Å²) in [7, 11) is 1.79. The van der Waals surface area contributed by atoms with E-state index < -0.39 is 0 Å². The second kappa shape index (κ2) is 6.70. The van der Waals surface area contributed by atoms with E-state index in [1.807, 2.05) is 30.3 Å². The van der Waals surface area contributed by atoms with Crippen molar-refractivity contribution < 1.29 is 9.90 Å². The maximum absolute atomic E-state index is 12.0. The Hall–Kier alpha value is -2.36. The molecule has 1 aromatic heterocycles. The van der Waals surface area contributed by atoms with Gasteiger partial charge in [-0.05, 0) is 36.2 Å². The minimum atomic E-state index is 0.0868. The summed E-state index contributed by atoms with van der Waals surface area (Å²) in [6.07, 6.45) is 2.84. The molecule has 20 heavy (non-hydrogen) atoms. The topological polar surface area (TPSA) is 53.4 Å². The van der Waals surface area contributed by atoms with Crippen molar-refractivity contribution in [2.24, 2.45) is 0 Å². The molecule has 1 amide bonds. The largest absolute Gasteiger partial charge is 0.508 e. The van der Waals surface area contributed by atoms with Crippen LogP contribution in [0.2, 0.25) is 0 Å². The molecule has 0 radical (unpaired) electrons. The van der Waals surface area contributed by atoms with E-state index in [9.17, 15) is 9.90 Å². The van der Waals surface area contributed by atoms with Crippen molar-refractivity contribution in [2.75, 3.05) is 7.05 Å². The quantitative estimate of drug-likeness (QED) is 0.907. The Kier molecular flexibility index (Phi) is 4.71. The Balaban J connectivity index is 1.84. The van der Waals surface area contributed by atoms with Crippen molar-refractivity contribution in [1.82, 2.24) is 9.88 Å². The van der Waals surface area contributed by atoms with Crippen molar-refractivity contribution in [3.63, 3.8) is 0 Å². The van der Waals surface area contributed by atoms with Gasteiger partial charge in [0.15, 0.2) is 0 Å². The van der Waals surface area contributed by atoms with E-state index in [1.54, 1.807) is 30.3 Å². The molecular formula is C16H18N2O2. The molecule has 2 aromatic rings. The van der Waals surface area contributed by atoms with Gasteiger partial charge in [0.25, 0.3) is 0 Å². The highest BCUT2D eigenvalue weighted by Crippen LogP contribution is 2.11. The van der Waals surface area contributed by atoms with Crippen molar-refractivity contribution in [2.45, 2.75) is 19.4 Å². The highest BCUT2D eigenvalue weighted by Gasteiger charge is 2.09. The Morgan fingerprint density at radius 3 is 2.60 bits per heavy atom. The number of aromatic hydroxyl groups is 1. The zero-order valence-electron chi connectivity index (χ0n) is 11.5. The van der Waals surface area contributed by atoms with Crippen LogP contribution in [0.25, 0.3) is 0 Å². The van der Waals surface area contributed by atoms with Crippen LogP contribution in [-0.4, -0.2) is 27.9 Å². The normalized spacial score (nSPS) is 10.2. The lowest BCUT2D eigenvalue weighted by atomic mass is 10.1. The molecular weight excluding hydrogens is 252 g/mol. The van der Waals surface area contributed by atoms with E-state index in [0.29, 0.717) is 19.4 Å². The van der Waals surface area contributed by atoms with Crippen molar-refractivity contribution in [1.29, 1.82) is 0 Å². The van der Waals surface area contributed by atoms with Crippen molar-refractivity contribution >= 4 is 5.91 Å². The van der Waals surface area contributed by atoms with Crippen molar-refractivity contribution in [3.05, 3.63) is 59.9 Å². The number of hydrogen-bond donors (Lipinski definition) is 1. The van der Waals surface area contributed by atoms with Crippen LogP contribution >= 0.6 is 0 Å². The molecule has 0 unspecified atom stereocenters. The van der Waals surface area contributed by atoms with Crippen LogP contribution in [0.3, 0.4) is 0 Å². The van der Waals surface area contributed by atoms with Crippen LogP contribution in [0.4, 0.5) is 0 Å². The average molecular weight is 270 g/mol. The molecule has 0 aliphatic carbocycles. The van der Waals surface area contributed by atoms with Gasteiger partial charge < -0.3 is 10.0 Å². The van der Waals surface area contributed by atoms with Gasteiger partial charge in [0.1, 0.15) is 5.75 Å². The number of benzene rings is 1. The number of amides is 1. The van der Waals surface area contributed by atoms with Gasteiger partial charge in [0, 0.05) is 31.9 Å². The number of aromatic nitrogens is 1. The van der Waals surface area contributed by atoms with Gasteiger partial charge in [-0.2, -0.15) is 0 Å². The number of aryl methyl sites for hydroxylation is 1. The molecule has 0 saturated carbocycles. The van der Waals surface area contributed by atoms with E-state index in [-0.39, 0.29) is 11.7 Å². The standard InChI is InChI=1S/C16H18N2O2/c1-18(12-13-5-8-15(19)9-6-13)16(20)10-7-14-4-2-3-11-17-14/h2-6,8-9,11,19H,7,10,12H2,1H3. The third-order valence-electron chi connectivity index (χ3n) is 3.10. The predicted octanol–water partition coefficient (Wildman–Crippen LogP) is 2.38. The molecule has 1 aromatic carbocycles. The molecule has 0 fully saturated rings.